The van der Waals surface area contributed by atoms with E-state index in [0.717, 1.165) is 12.0 Å². The molecule has 2 aliphatic rings. The number of hydrogen-bond donors (Lipinski definition) is 2. The summed E-state index contributed by atoms with van der Waals surface area (Å²) in [4.78, 5) is 2.64. The van der Waals surface area contributed by atoms with Crippen molar-refractivity contribution >= 4 is 0 Å². The van der Waals surface area contributed by atoms with E-state index >= 15 is 0 Å². The fourth-order valence-corrected chi connectivity index (χ4v) is 3.17. The van der Waals surface area contributed by atoms with Gasteiger partial charge in [-0.2, -0.15) is 0 Å². The van der Waals surface area contributed by atoms with Crippen molar-refractivity contribution in [3.63, 3.8) is 0 Å². The van der Waals surface area contributed by atoms with Gasteiger partial charge in [0.1, 0.15) is 0 Å². The highest BCUT2D eigenvalue weighted by molar-refractivity contribution is 4.79. The predicted octanol–water partition coefficient (Wildman–Crippen LogP) is 1.84. The predicted molar refractivity (Wildman–Crippen MR) is 78.0 cm³/mol. The molecule has 0 aromatic carbocycles. The summed E-state index contributed by atoms with van der Waals surface area (Å²) >= 11 is 0. The van der Waals surface area contributed by atoms with Gasteiger partial charge in [-0.15, -0.1) is 0 Å². The zero-order chi connectivity index (χ0) is 12.6. The molecular weight excluding hydrogens is 222 g/mol. The smallest absolute Gasteiger partial charge is 0.00915 e. The van der Waals surface area contributed by atoms with E-state index in [9.17, 15) is 0 Å². The van der Waals surface area contributed by atoms with Gasteiger partial charge in [-0.3, -0.25) is 0 Å². The van der Waals surface area contributed by atoms with Gasteiger partial charge in [0.15, 0.2) is 0 Å². The number of nitrogens with one attached hydrogen (secondary N) is 2. The number of hydrogen-bond acceptors (Lipinski definition) is 3. The third kappa shape index (κ3) is 4.87. The highest BCUT2D eigenvalue weighted by atomic mass is 15.1. The van der Waals surface area contributed by atoms with Gasteiger partial charge < -0.3 is 15.5 Å². The Bertz CT molecular complexity index is 206. The van der Waals surface area contributed by atoms with Crippen molar-refractivity contribution < 1.29 is 0 Å². The van der Waals surface area contributed by atoms with Crippen molar-refractivity contribution in [3.8, 4) is 0 Å². The SMILES string of the molecule is CCCCN1CCC(NCC2CCCNC2)CC1. The van der Waals surface area contributed by atoms with Gasteiger partial charge in [-0.1, -0.05) is 13.3 Å². The van der Waals surface area contributed by atoms with E-state index in [1.807, 2.05) is 0 Å². The first-order chi connectivity index (χ1) is 8.88. The average Bonchev–Trinajstić information content (AvgIpc) is 2.45. The summed E-state index contributed by atoms with van der Waals surface area (Å²) < 4.78 is 0. The van der Waals surface area contributed by atoms with E-state index in [-0.39, 0.29) is 0 Å². The Balaban J connectivity index is 1.55. The van der Waals surface area contributed by atoms with Crippen molar-refractivity contribution in [1.82, 2.24) is 15.5 Å². The standard InChI is InChI=1S/C15H31N3/c1-2-3-9-18-10-6-15(7-11-18)17-13-14-5-4-8-16-12-14/h14-17H,2-13H2,1H3. The van der Waals surface area contributed by atoms with Crippen molar-refractivity contribution in [2.45, 2.75) is 51.5 Å². The Kier molecular flexibility index (Phi) is 6.46. The van der Waals surface area contributed by atoms with E-state index in [2.05, 4.69) is 22.5 Å². The van der Waals surface area contributed by atoms with E-state index in [1.54, 1.807) is 0 Å². The summed E-state index contributed by atoms with van der Waals surface area (Å²) in [5.74, 6) is 0.872. The Hall–Kier alpha value is -0.120. The minimum absolute atomic E-state index is 0.782. The van der Waals surface area contributed by atoms with Crippen molar-refractivity contribution in [2.75, 3.05) is 39.3 Å². The lowest BCUT2D eigenvalue weighted by molar-refractivity contribution is 0.190. The first-order valence-electron chi connectivity index (χ1n) is 8.05. The Labute approximate surface area is 113 Å². The van der Waals surface area contributed by atoms with Crippen LogP contribution in [0.25, 0.3) is 0 Å². The van der Waals surface area contributed by atoms with Crippen LogP contribution in [0.4, 0.5) is 0 Å². The molecule has 0 aromatic heterocycles. The van der Waals surface area contributed by atoms with Gasteiger partial charge in [0, 0.05) is 6.04 Å². The Morgan fingerprint density at radius 3 is 2.72 bits per heavy atom. The van der Waals surface area contributed by atoms with E-state index in [1.165, 1.54) is 77.8 Å². The van der Waals surface area contributed by atoms with Crippen LogP contribution in [0.1, 0.15) is 45.4 Å². The van der Waals surface area contributed by atoms with Gasteiger partial charge >= 0.3 is 0 Å². The molecule has 1 unspecified atom stereocenters. The van der Waals surface area contributed by atoms with Crippen molar-refractivity contribution in [2.24, 2.45) is 5.92 Å². The van der Waals surface area contributed by atoms with Crippen LogP contribution < -0.4 is 10.6 Å². The van der Waals surface area contributed by atoms with Crippen LogP contribution in [-0.4, -0.2) is 50.2 Å². The van der Waals surface area contributed by atoms with E-state index in [4.69, 9.17) is 0 Å². The number of unbranched alkanes of at least 4 members (excludes halogenated alkanes) is 1. The first-order valence-corrected chi connectivity index (χ1v) is 8.05. The fourth-order valence-electron chi connectivity index (χ4n) is 3.17. The minimum Gasteiger partial charge on any atom is -0.316 e. The van der Waals surface area contributed by atoms with E-state index < -0.39 is 0 Å². The van der Waals surface area contributed by atoms with Crippen molar-refractivity contribution in [1.29, 1.82) is 0 Å². The fraction of sp³-hybridized carbons (Fsp3) is 1.00. The summed E-state index contributed by atoms with van der Waals surface area (Å²) in [5.41, 5.74) is 0. The first kappa shape index (κ1) is 14.3. The molecule has 0 aliphatic carbocycles. The van der Waals surface area contributed by atoms with Crippen molar-refractivity contribution in [3.05, 3.63) is 0 Å². The molecule has 2 heterocycles. The van der Waals surface area contributed by atoms with Crippen LogP contribution in [0.3, 0.4) is 0 Å². The summed E-state index contributed by atoms with van der Waals surface area (Å²) in [5, 5.41) is 7.31. The summed E-state index contributed by atoms with van der Waals surface area (Å²) in [6.45, 7) is 9.89. The van der Waals surface area contributed by atoms with Gasteiger partial charge in [-0.25, -0.2) is 0 Å². The maximum Gasteiger partial charge on any atom is 0.00915 e. The van der Waals surface area contributed by atoms with Crippen LogP contribution in [-0.2, 0) is 0 Å². The second-order valence-electron chi connectivity index (χ2n) is 6.09. The molecule has 106 valence electrons. The summed E-state index contributed by atoms with van der Waals surface area (Å²) in [7, 11) is 0. The summed E-state index contributed by atoms with van der Waals surface area (Å²) in [6.07, 6.45) is 8.17. The van der Waals surface area contributed by atoms with Crippen LogP contribution in [0.2, 0.25) is 0 Å². The number of likely N-dealkylation sites (tertiary alicyclic amines) is 1. The second-order valence-corrected chi connectivity index (χ2v) is 6.09. The number of nitrogens with zero attached hydrogens (tertiary/aromatic N) is 1. The molecule has 0 saturated carbocycles. The Morgan fingerprint density at radius 2 is 2.06 bits per heavy atom. The van der Waals surface area contributed by atoms with Gasteiger partial charge in [0.2, 0.25) is 0 Å². The highest BCUT2D eigenvalue weighted by Gasteiger charge is 2.20. The van der Waals surface area contributed by atoms with Gasteiger partial charge in [0.05, 0.1) is 0 Å². The molecule has 3 nitrogen and oxygen atoms in total. The molecular formula is C15H31N3. The summed E-state index contributed by atoms with van der Waals surface area (Å²) in [6, 6.07) is 0.782. The van der Waals surface area contributed by atoms with Gasteiger partial charge in [0.25, 0.3) is 0 Å². The molecule has 0 bridgehead atoms. The van der Waals surface area contributed by atoms with Crippen LogP contribution in [0.15, 0.2) is 0 Å². The maximum atomic E-state index is 3.80. The molecule has 3 heteroatoms. The number of piperidine rings is 2. The minimum atomic E-state index is 0.782. The average molecular weight is 253 g/mol. The molecule has 0 aromatic rings. The van der Waals surface area contributed by atoms with E-state index in [0.29, 0.717) is 0 Å². The third-order valence-electron chi connectivity index (χ3n) is 4.51. The molecule has 0 radical (unpaired) electrons. The largest absolute Gasteiger partial charge is 0.316 e. The molecule has 18 heavy (non-hydrogen) atoms. The molecule has 0 amide bonds. The molecule has 1 atom stereocenters. The molecule has 2 fully saturated rings. The quantitative estimate of drug-likeness (QED) is 0.756. The molecule has 2 rings (SSSR count). The third-order valence-corrected chi connectivity index (χ3v) is 4.51. The van der Waals surface area contributed by atoms with Crippen LogP contribution in [0.5, 0.6) is 0 Å². The Morgan fingerprint density at radius 1 is 1.22 bits per heavy atom. The maximum absolute atomic E-state index is 3.80. The highest BCUT2D eigenvalue weighted by Crippen LogP contribution is 2.13. The lowest BCUT2D eigenvalue weighted by Crippen LogP contribution is -2.45. The lowest BCUT2D eigenvalue weighted by Gasteiger charge is -2.33. The number of rotatable bonds is 6. The van der Waals surface area contributed by atoms with Crippen LogP contribution in [0, 0.1) is 5.92 Å². The monoisotopic (exact) mass is 253 g/mol. The molecule has 2 N–H and O–H groups in total. The van der Waals surface area contributed by atoms with Crippen LogP contribution >= 0.6 is 0 Å². The zero-order valence-electron chi connectivity index (χ0n) is 12.1. The topological polar surface area (TPSA) is 27.3 Å². The molecule has 2 aliphatic heterocycles. The zero-order valence-corrected chi connectivity index (χ0v) is 12.1. The molecule has 0 spiro atoms. The second kappa shape index (κ2) is 8.13. The normalized spacial score (nSPS) is 27.5. The molecule has 2 saturated heterocycles. The van der Waals surface area contributed by atoms with Gasteiger partial charge in [-0.05, 0) is 77.3 Å². The lowest BCUT2D eigenvalue weighted by atomic mass is 9.98.